The van der Waals surface area contributed by atoms with Crippen molar-refractivity contribution in [2.75, 3.05) is 26.2 Å². The molecular formula is C25H40N4O. The topological polar surface area (TPSA) is 48.5 Å². The lowest BCUT2D eigenvalue weighted by atomic mass is 9.92. The smallest absolute Gasteiger partial charge is 0.224 e. The van der Waals surface area contributed by atoms with Gasteiger partial charge in [-0.1, -0.05) is 38.2 Å². The Morgan fingerprint density at radius 1 is 0.967 bits per heavy atom. The lowest BCUT2D eigenvalue weighted by molar-refractivity contribution is -0.128. The van der Waals surface area contributed by atoms with Gasteiger partial charge in [0.1, 0.15) is 0 Å². The minimum Gasteiger partial charge on any atom is -0.353 e. The highest BCUT2D eigenvalue weighted by atomic mass is 16.2. The molecule has 0 unspecified atom stereocenters. The van der Waals surface area contributed by atoms with E-state index >= 15 is 0 Å². The van der Waals surface area contributed by atoms with Gasteiger partial charge in [-0.25, -0.2) is 0 Å². The molecule has 5 heteroatoms. The fourth-order valence-corrected chi connectivity index (χ4v) is 5.66. The van der Waals surface area contributed by atoms with Crippen LogP contribution in [0.5, 0.6) is 0 Å². The van der Waals surface area contributed by atoms with Crippen molar-refractivity contribution in [3.63, 3.8) is 0 Å². The third-order valence-corrected chi connectivity index (χ3v) is 7.48. The highest BCUT2D eigenvalue weighted by molar-refractivity contribution is 5.79. The molecule has 30 heavy (non-hydrogen) atoms. The Labute approximate surface area is 182 Å². The predicted molar refractivity (Wildman–Crippen MR) is 121 cm³/mol. The number of aromatic nitrogens is 1. The zero-order chi connectivity index (χ0) is 20.6. The van der Waals surface area contributed by atoms with Crippen molar-refractivity contribution < 1.29 is 4.79 Å². The third kappa shape index (κ3) is 6.27. The molecule has 1 amide bonds. The van der Waals surface area contributed by atoms with Crippen molar-refractivity contribution >= 4 is 5.91 Å². The van der Waals surface area contributed by atoms with Crippen LogP contribution in [0.3, 0.4) is 0 Å². The number of amides is 1. The van der Waals surface area contributed by atoms with Crippen LogP contribution in [0.2, 0.25) is 0 Å². The maximum absolute atomic E-state index is 13.0. The molecule has 0 aromatic carbocycles. The van der Waals surface area contributed by atoms with Gasteiger partial charge >= 0.3 is 0 Å². The Bertz CT molecular complexity index is 636. The number of rotatable bonds is 5. The molecule has 3 heterocycles. The molecule has 2 saturated heterocycles. The van der Waals surface area contributed by atoms with E-state index in [1.807, 2.05) is 18.5 Å². The van der Waals surface area contributed by atoms with Crippen LogP contribution in [0.15, 0.2) is 24.5 Å². The first-order chi connectivity index (χ1) is 14.8. The summed E-state index contributed by atoms with van der Waals surface area (Å²) in [6, 6.07) is 5.26. The zero-order valence-corrected chi connectivity index (χ0v) is 18.6. The SMILES string of the molecule is O=C(NC1CCCCCCC1)[C@@H]1CCCN(C2CCN(Cc3cccnc3)CC2)C1. The van der Waals surface area contributed by atoms with Gasteiger partial charge in [-0.05, 0) is 69.8 Å². The first-order valence-corrected chi connectivity index (χ1v) is 12.4. The molecule has 3 fully saturated rings. The third-order valence-electron chi connectivity index (χ3n) is 7.48. The summed E-state index contributed by atoms with van der Waals surface area (Å²) in [6.07, 6.45) is 17.5. The summed E-state index contributed by atoms with van der Waals surface area (Å²) in [5.74, 6) is 0.525. The van der Waals surface area contributed by atoms with Gasteiger partial charge < -0.3 is 5.32 Å². The second-order valence-electron chi connectivity index (χ2n) is 9.75. The molecule has 1 aromatic heterocycles. The van der Waals surface area contributed by atoms with E-state index in [1.54, 1.807) is 0 Å². The van der Waals surface area contributed by atoms with Crippen LogP contribution >= 0.6 is 0 Å². The number of likely N-dealkylation sites (tertiary alicyclic amines) is 2. The highest BCUT2D eigenvalue weighted by Crippen LogP contribution is 2.25. The van der Waals surface area contributed by atoms with Crippen molar-refractivity contribution in [2.24, 2.45) is 5.92 Å². The molecule has 0 bridgehead atoms. The average Bonchev–Trinajstić information content (AvgIpc) is 2.77. The van der Waals surface area contributed by atoms with Crippen molar-refractivity contribution in [2.45, 2.75) is 89.3 Å². The van der Waals surface area contributed by atoms with E-state index in [0.29, 0.717) is 18.0 Å². The molecule has 1 aromatic rings. The molecule has 166 valence electrons. The first-order valence-electron chi connectivity index (χ1n) is 12.4. The van der Waals surface area contributed by atoms with E-state index in [9.17, 15) is 4.79 Å². The van der Waals surface area contributed by atoms with E-state index in [-0.39, 0.29) is 5.92 Å². The number of carbonyl (C=O) groups is 1. The quantitative estimate of drug-likeness (QED) is 0.794. The van der Waals surface area contributed by atoms with Crippen LogP contribution in [0, 0.1) is 5.92 Å². The summed E-state index contributed by atoms with van der Waals surface area (Å²) >= 11 is 0. The van der Waals surface area contributed by atoms with Crippen LogP contribution in [-0.4, -0.2) is 59.0 Å². The molecule has 3 aliphatic rings. The normalized spacial score (nSPS) is 26.1. The molecule has 5 nitrogen and oxygen atoms in total. The number of pyridine rings is 1. The lowest BCUT2D eigenvalue weighted by Crippen LogP contribution is -2.51. The van der Waals surface area contributed by atoms with E-state index < -0.39 is 0 Å². The Balaban J connectivity index is 1.22. The fourth-order valence-electron chi connectivity index (χ4n) is 5.66. The lowest BCUT2D eigenvalue weighted by Gasteiger charge is -2.42. The molecular weight excluding hydrogens is 372 g/mol. The largest absolute Gasteiger partial charge is 0.353 e. The van der Waals surface area contributed by atoms with Gasteiger partial charge in [0.25, 0.3) is 0 Å². The summed E-state index contributed by atoms with van der Waals surface area (Å²) in [5, 5.41) is 3.43. The standard InChI is InChI=1S/C25H40N4O/c30-25(27-23-10-4-2-1-3-5-11-23)22-9-7-15-29(20-22)24-12-16-28(17-13-24)19-21-8-6-14-26-18-21/h6,8,14,18,22-24H,1-5,7,9-13,15-17,19-20H2,(H,27,30)/t22-/m1/s1. The molecule has 1 N–H and O–H groups in total. The van der Waals surface area contributed by atoms with Gasteiger partial charge in [-0.3, -0.25) is 19.6 Å². The molecule has 0 spiro atoms. The minimum atomic E-state index is 0.192. The van der Waals surface area contributed by atoms with Crippen LogP contribution in [-0.2, 0) is 11.3 Å². The molecule has 1 atom stereocenters. The van der Waals surface area contributed by atoms with Crippen LogP contribution < -0.4 is 5.32 Å². The van der Waals surface area contributed by atoms with E-state index in [4.69, 9.17) is 0 Å². The Hall–Kier alpha value is -1.46. The monoisotopic (exact) mass is 412 g/mol. The Morgan fingerprint density at radius 3 is 2.47 bits per heavy atom. The van der Waals surface area contributed by atoms with Gasteiger partial charge in [0.2, 0.25) is 5.91 Å². The van der Waals surface area contributed by atoms with Gasteiger partial charge in [0, 0.05) is 37.6 Å². The van der Waals surface area contributed by atoms with Crippen molar-refractivity contribution in [1.82, 2.24) is 20.1 Å². The molecule has 4 rings (SSSR count). The van der Waals surface area contributed by atoms with Gasteiger partial charge in [0.05, 0.1) is 5.92 Å². The van der Waals surface area contributed by atoms with Gasteiger partial charge in [0.15, 0.2) is 0 Å². The second kappa shape index (κ2) is 11.2. The maximum Gasteiger partial charge on any atom is 0.224 e. The molecule has 2 aliphatic heterocycles. The van der Waals surface area contributed by atoms with Crippen molar-refractivity contribution in [1.29, 1.82) is 0 Å². The van der Waals surface area contributed by atoms with Crippen LogP contribution in [0.1, 0.15) is 76.2 Å². The number of carbonyl (C=O) groups excluding carboxylic acids is 1. The summed E-state index contributed by atoms with van der Waals surface area (Å²) in [5.41, 5.74) is 1.31. The van der Waals surface area contributed by atoms with Gasteiger partial charge in [-0.2, -0.15) is 0 Å². The Kier molecular flexibility index (Phi) is 8.15. The summed E-state index contributed by atoms with van der Waals surface area (Å²) < 4.78 is 0. The van der Waals surface area contributed by atoms with Crippen molar-refractivity contribution in [3.8, 4) is 0 Å². The van der Waals surface area contributed by atoms with Crippen LogP contribution in [0.25, 0.3) is 0 Å². The van der Waals surface area contributed by atoms with Gasteiger partial charge in [-0.15, -0.1) is 0 Å². The van der Waals surface area contributed by atoms with E-state index in [2.05, 4.69) is 26.2 Å². The number of nitrogens with zero attached hydrogens (tertiary/aromatic N) is 3. The first kappa shape index (κ1) is 21.8. The zero-order valence-electron chi connectivity index (χ0n) is 18.6. The summed E-state index contributed by atoms with van der Waals surface area (Å²) in [4.78, 5) is 22.4. The fraction of sp³-hybridized carbons (Fsp3) is 0.760. The summed E-state index contributed by atoms with van der Waals surface area (Å²) in [6.45, 7) is 5.43. The Morgan fingerprint density at radius 2 is 1.73 bits per heavy atom. The van der Waals surface area contributed by atoms with E-state index in [0.717, 1.165) is 32.6 Å². The maximum atomic E-state index is 13.0. The molecule has 1 saturated carbocycles. The highest BCUT2D eigenvalue weighted by Gasteiger charge is 2.32. The van der Waals surface area contributed by atoms with Crippen LogP contribution in [0.4, 0.5) is 0 Å². The summed E-state index contributed by atoms with van der Waals surface area (Å²) in [7, 11) is 0. The number of hydrogen-bond donors (Lipinski definition) is 1. The minimum absolute atomic E-state index is 0.192. The molecule has 1 aliphatic carbocycles. The number of hydrogen-bond acceptors (Lipinski definition) is 4. The molecule has 0 radical (unpaired) electrons. The average molecular weight is 413 g/mol. The number of piperidine rings is 2. The number of nitrogens with one attached hydrogen (secondary N) is 1. The predicted octanol–water partition coefficient (Wildman–Crippen LogP) is 3.99. The second-order valence-corrected chi connectivity index (χ2v) is 9.75. The van der Waals surface area contributed by atoms with Crippen molar-refractivity contribution in [3.05, 3.63) is 30.1 Å². The van der Waals surface area contributed by atoms with E-state index in [1.165, 1.54) is 76.3 Å².